The molecule has 0 aromatic carbocycles. The van der Waals surface area contributed by atoms with Crippen LogP contribution in [0.5, 0.6) is 0 Å². The SMILES string of the molecule is Cc1nc2cc(=S)nc(N)n2n(C)c1=O. The summed E-state index contributed by atoms with van der Waals surface area (Å²) in [6, 6.07) is 1.60. The molecule has 0 bridgehead atoms. The molecule has 0 saturated heterocycles. The number of rotatable bonds is 0. The predicted octanol–water partition coefficient (Wildman–Crippen LogP) is 0.0481. The Labute approximate surface area is 90.0 Å². The van der Waals surface area contributed by atoms with Gasteiger partial charge in [0.05, 0.1) is 0 Å². The Morgan fingerprint density at radius 3 is 2.80 bits per heavy atom. The Balaban J connectivity index is 3.12. The van der Waals surface area contributed by atoms with Gasteiger partial charge < -0.3 is 5.73 Å². The maximum atomic E-state index is 11.6. The van der Waals surface area contributed by atoms with Crippen LogP contribution in [0, 0.1) is 11.6 Å². The minimum Gasteiger partial charge on any atom is -0.368 e. The third kappa shape index (κ3) is 1.40. The fourth-order valence-corrected chi connectivity index (χ4v) is 1.61. The van der Waals surface area contributed by atoms with Gasteiger partial charge >= 0.3 is 0 Å². The van der Waals surface area contributed by atoms with Crippen LogP contribution < -0.4 is 11.3 Å². The van der Waals surface area contributed by atoms with Gasteiger partial charge in [0.2, 0.25) is 5.95 Å². The molecule has 0 aliphatic rings. The molecular formula is C8H9N5OS. The molecule has 0 saturated carbocycles. The number of nitrogen functional groups attached to an aromatic ring is 1. The van der Waals surface area contributed by atoms with Gasteiger partial charge in [-0.25, -0.2) is 14.6 Å². The summed E-state index contributed by atoms with van der Waals surface area (Å²) in [5.41, 5.74) is 6.37. The van der Waals surface area contributed by atoms with E-state index in [0.717, 1.165) is 0 Å². The average molecular weight is 223 g/mol. The first-order valence-electron chi connectivity index (χ1n) is 4.24. The highest BCUT2D eigenvalue weighted by atomic mass is 32.1. The Kier molecular flexibility index (Phi) is 2.04. The van der Waals surface area contributed by atoms with E-state index in [1.807, 2.05) is 0 Å². The monoisotopic (exact) mass is 223 g/mol. The van der Waals surface area contributed by atoms with Crippen LogP contribution in [0.15, 0.2) is 10.9 Å². The molecule has 0 radical (unpaired) electrons. The predicted molar refractivity (Wildman–Crippen MR) is 58.2 cm³/mol. The van der Waals surface area contributed by atoms with E-state index in [1.54, 1.807) is 20.0 Å². The molecule has 0 atom stereocenters. The number of nitrogens with zero attached hydrogens (tertiary/aromatic N) is 4. The van der Waals surface area contributed by atoms with Crippen LogP contribution >= 0.6 is 12.2 Å². The lowest BCUT2D eigenvalue weighted by atomic mass is 10.5. The van der Waals surface area contributed by atoms with Crippen LogP contribution in [0.4, 0.5) is 5.95 Å². The van der Waals surface area contributed by atoms with Crippen molar-refractivity contribution in [3.63, 3.8) is 0 Å². The topological polar surface area (TPSA) is 78.2 Å². The molecule has 2 heterocycles. The van der Waals surface area contributed by atoms with Gasteiger partial charge in [-0.3, -0.25) is 4.79 Å². The number of anilines is 1. The highest BCUT2D eigenvalue weighted by Crippen LogP contribution is 2.03. The summed E-state index contributed by atoms with van der Waals surface area (Å²) in [5, 5.41) is 0. The van der Waals surface area contributed by atoms with Crippen LogP contribution in [0.3, 0.4) is 0 Å². The van der Waals surface area contributed by atoms with Crippen molar-refractivity contribution in [2.75, 3.05) is 5.73 Å². The van der Waals surface area contributed by atoms with Crippen molar-refractivity contribution in [3.05, 3.63) is 26.8 Å². The molecule has 0 spiro atoms. The summed E-state index contributed by atoms with van der Waals surface area (Å²) in [6.07, 6.45) is 0. The lowest BCUT2D eigenvalue weighted by Gasteiger charge is -2.09. The van der Waals surface area contributed by atoms with E-state index in [1.165, 1.54) is 9.20 Å². The van der Waals surface area contributed by atoms with Crippen molar-refractivity contribution in [2.45, 2.75) is 6.92 Å². The molecule has 2 aromatic rings. The summed E-state index contributed by atoms with van der Waals surface area (Å²) >= 11 is 4.91. The lowest BCUT2D eigenvalue weighted by Crippen LogP contribution is -2.28. The average Bonchev–Trinajstić information content (AvgIpc) is 2.13. The molecule has 0 fully saturated rings. The number of hydrogen-bond donors (Lipinski definition) is 1. The molecule has 15 heavy (non-hydrogen) atoms. The number of aromatic nitrogens is 4. The summed E-state index contributed by atoms with van der Waals surface area (Å²) in [4.78, 5) is 19.6. The van der Waals surface area contributed by atoms with Crippen LogP contribution in [0.25, 0.3) is 5.65 Å². The maximum absolute atomic E-state index is 11.6. The lowest BCUT2D eigenvalue weighted by molar-refractivity contribution is 0.634. The summed E-state index contributed by atoms with van der Waals surface area (Å²) in [5.74, 6) is 0.157. The highest BCUT2D eigenvalue weighted by Gasteiger charge is 2.06. The van der Waals surface area contributed by atoms with Gasteiger partial charge in [0, 0.05) is 13.1 Å². The van der Waals surface area contributed by atoms with Gasteiger partial charge in [-0.2, -0.15) is 4.52 Å². The first-order chi connectivity index (χ1) is 7.00. The van der Waals surface area contributed by atoms with E-state index in [-0.39, 0.29) is 11.5 Å². The van der Waals surface area contributed by atoms with Crippen molar-refractivity contribution in [1.82, 2.24) is 19.2 Å². The van der Waals surface area contributed by atoms with E-state index in [0.29, 0.717) is 16.0 Å². The van der Waals surface area contributed by atoms with Crippen molar-refractivity contribution in [1.29, 1.82) is 0 Å². The second kappa shape index (κ2) is 3.13. The molecule has 6 nitrogen and oxygen atoms in total. The normalized spacial score (nSPS) is 10.8. The van der Waals surface area contributed by atoms with Crippen molar-refractivity contribution in [2.24, 2.45) is 7.05 Å². The molecule has 7 heteroatoms. The number of fused-ring (bicyclic) bond motifs is 1. The molecular weight excluding hydrogens is 214 g/mol. The second-order valence-electron chi connectivity index (χ2n) is 3.15. The molecule has 2 aromatic heterocycles. The second-order valence-corrected chi connectivity index (χ2v) is 3.57. The van der Waals surface area contributed by atoms with Crippen LogP contribution in [-0.2, 0) is 7.05 Å². The molecule has 2 rings (SSSR count). The van der Waals surface area contributed by atoms with Crippen molar-refractivity contribution < 1.29 is 0 Å². The smallest absolute Gasteiger partial charge is 0.286 e. The molecule has 0 amide bonds. The van der Waals surface area contributed by atoms with E-state index in [4.69, 9.17) is 18.0 Å². The van der Waals surface area contributed by atoms with Gasteiger partial charge in [-0.15, -0.1) is 0 Å². The highest BCUT2D eigenvalue weighted by molar-refractivity contribution is 7.71. The van der Waals surface area contributed by atoms with Gasteiger partial charge in [0.25, 0.3) is 5.56 Å². The fourth-order valence-electron chi connectivity index (χ4n) is 1.41. The standard InChI is InChI=1S/C8H9N5OS/c1-4-7(14)12(2)13-5(10-4)3-6(15)11-8(13)9/h3H,1-2H3,(H2,9,11,15). The number of nitrogens with two attached hydrogens (primary N) is 1. The van der Waals surface area contributed by atoms with Crippen molar-refractivity contribution >= 4 is 23.8 Å². The van der Waals surface area contributed by atoms with Crippen molar-refractivity contribution in [3.8, 4) is 0 Å². The summed E-state index contributed by atoms with van der Waals surface area (Å²) in [7, 11) is 1.60. The van der Waals surface area contributed by atoms with Crippen LogP contribution in [0.2, 0.25) is 0 Å². The zero-order valence-electron chi connectivity index (χ0n) is 8.26. The van der Waals surface area contributed by atoms with Crippen LogP contribution in [0.1, 0.15) is 5.69 Å². The molecule has 78 valence electrons. The summed E-state index contributed by atoms with van der Waals surface area (Å²) in [6.45, 7) is 1.64. The Hall–Kier alpha value is -1.76. The minimum atomic E-state index is -0.210. The first-order valence-corrected chi connectivity index (χ1v) is 4.64. The largest absolute Gasteiger partial charge is 0.368 e. The van der Waals surface area contributed by atoms with Crippen LogP contribution in [-0.4, -0.2) is 19.2 Å². The number of aryl methyl sites for hydroxylation is 2. The summed E-state index contributed by atoms with van der Waals surface area (Å²) < 4.78 is 3.14. The minimum absolute atomic E-state index is 0.157. The van der Waals surface area contributed by atoms with Gasteiger partial charge in [0.15, 0.2) is 5.65 Å². The zero-order chi connectivity index (χ0) is 11.2. The Morgan fingerprint density at radius 1 is 1.47 bits per heavy atom. The van der Waals surface area contributed by atoms with Gasteiger partial charge in [-0.05, 0) is 6.92 Å². The van der Waals surface area contributed by atoms with Gasteiger partial charge in [0.1, 0.15) is 10.3 Å². The van der Waals surface area contributed by atoms with E-state index >= 15 is 0 Å². The fraction of sp³-hybridized carbons (Fsp3) is 0.250. The first kappa shape index (κ1) is 9.78. The van der Waals surface area contributed by atoms with Gasteiger partial charge in [-0.1, -0.05) is 12.2 Å². The molecule has 2 N–H and O–H groups in total. The Bertz CT molecular complexity index is 656. The molecule has 0 aliphatic heterocycles. The van der Waals surface area contributed by atoms with E-state index in [9.17, 15) is 4.79 Å². The third-order valence-electron chi connectivity index (χ3n) is 2.10. The zero-order valence-corrected chi connectivity index (χ0v) is 9.08. The quantitative estimate of drug-likeness (QED) is 0.638. The van der Waals surface area contributed by atoms with E-state index in [2.05, 4.69) is 9.97 Å². The molecule has 0 aliphatic carbocycles. The van der Waals surface area contributed by atoms with E-state index < -0.39 is 0 Å². The molecule has 0 unspecified atom stereocenters. The third-order valence-corrected chi connectivity index (χ3v) is 2.31. The number of hydrogen-bond acceptors (Lipinski definition) is 5. The maximum Gasteiger partial charge on any atom is 0.286 e. The Morgan fingerprint density at radius 2 is 2.13 bits per heavy atom.